The van der Waals surface area contributed by atoms with E-state index in [-0.39, 0.29) is 5.91 Å². The smallest absolute Gasteiger partial charge is 0.234 e. The van der Waals surface area contributed by atoms with Gasteiger partial charge in [0.1, 0.15) is 0 Å². The maximum absolute atomic E-state index is 12.2. The highest BCUT2D eigenvalue weighted by Gasteiger charge is 2.26. The first-order valence-corrected chi connectivity index (χ1v) is 11.7. The zero-order valence-electron chi connectivity index (χ0n) is 18.8. The van der Waals surface area contributed by atoms with Crippen molar-refractivity contribution in [2.45, 2.75) is 32.1 Å². The third kappa shape index (κ3) is 5.94. The van der Waals surface area contributed by atoms with Crippen LogP contribution in [-0.2, 0) is 9.53 Å². The Morgan fingerprint density at radius 1 is 0.806 bits per heavy atom. The molecule has 1 amide bonds. The van der Waals surface area contributed by atoms with Crippen molar-refractivity contribution >= 4 is 23.8 Å². The van der Waals surface area contributed by atoms with Gasteiger partial charge in [0.05, 0.1) is 6.54 Å². The fourth-order valence-electron chi connectivity index (χ4n) is 4.41. The Bertz CT molecular complexity index is 679. The van der Waals surface area contributed by atoms with E-state index < -0.39 is 0 Å². The Labute approximate surface area is 185 Å². The number of carbonyl (C=O) groups excluding carboxylic acids is 1. The van der Waals surface area contributed by atoms with E-state index in [0.717, 1.165) is 76.6 Å². The standard InChI is InChI=1S/C21H36N8O2/c1-31-16-6-7-22-18(30)17-26-12-14-29(15-13-26)21-24-19(27-8-2-3-9-27)23-20(25-21)28-10-4-5-11-28/h2-17H2,1H3,(H,22,30). The molecule has 0 saturated carbocycles. The molecule has 3 aliphatic heterocycles. The summed E-state index contributed by atoms with van der Waals surface area (Å²) < 4.78 is 5.02. The quantitative estimate of drug-likeness (QED) is 0.555. The highest BCUT2D eigenvalue weighted by Crippen LogP contribution is 2.24. The second kappa shape index (κ2) is 10.9. The van der Waals surface area contributed by atoms with Crippen LogP contribution in [0.25, 0.3) is 0 Å². The molecular weight excluding hydrogens is 396 g/mol. The number of amides is 1. The summed E-state index contributed by atoms with van der Waals surface area (Å²) in [7, 11) is 1.68. The molecule has 0 radical (unpaired) electrons. The molecule has 0 aliphatic carbocycles. The average Bonchev–Trinajstić information content (AvgIpc) is 3.52. The second-order valence-corrected chi connectivity index (χ2v) is 8.58. The van der Waals surface area contributed by atoms with Crippen molar-refractivity contribution in [1.82, 2.24) is 25.2 Å². The number of carbonyl (C=O) groups is 1. The number of anilines is 3. The van der Waals surface area contributed by atoms with Gasteiger partial charge in [0.2, 0.25) is 23.8 Å². The van der Waals surface area contributed by atoms with Crippen LogP contribution in [0.5, 0.6) is 0 Å². The molecule has 1 aromatic rings. The van der Waals surface area contributed by atoms with Crippen molar-refractivity contribution in [3.05, 3.63) is 0 Å². The lowest BCUT2D eigenvalue weighted by atomic mass is 10.3. The van der Waals surface area contributed by atoms with Crippen LogP contribution in [0.2, 0.25) is 0 Å². The summed E-state index contributed by atoms with van der Waals surface area (Å²) in [6.07, 6.45) is 5.64. The van der Waals surface area contributed by atoms with E-state index in [9.17, 15) is 4.79 Å². The summed E-state index contributed by atoms with van der Waals surface area (Å²) >= 11 is 0. The van der Waals surface area contributed by atoms with Gasteiger partial charge >= 0.3 is 0 Å². The van der Waals surface area contributed by atoms with E-state index >= 15 is 0 Å². The van der Waals surface area contributed by atoms with Crippen LogP contribution in [0.15, 0.2) is 0 Å². The molecule has 1 N–H and O–H groups in total. The summed E-state index contributed by atoms with van der Waals surface area (Å²) in [4.78, 5) is 35.7. The van der Waals surface area contributed by atoms with Crippen molar-refractivity contribution in [2.75, 3.05) is 93.9 Å². The fourth-order valence-corrected chi connectivity index (χ4v) is 4.41. The lowest BCUT2D eigenvalue weighted by molar-refractivity contribution is -0.122. The molecule has 4 heterocycles. The molecule has 10 heteroatoms. The molecule has 0 bridgehead atoms. The maximum Gasteiger partial charge on any atom is 0.234 e. The van der Waals surface area contributed by atoms with Gasteiger partial charge in [-0.05, 0) is 32.1 Å². The Morgan fingerprint density at radius 2 is 1.29 bits per heavy atom. The van der Waals surface area contributed by atoms with Crippen LogP contribution in [0.3, 0.4) is 0 Å². The van der Waals surface area contributed by atoms with Gasteiger partial charge in [0, 0.05) is 72.6 Å². The van der Waals surface area contributed by atoms with Crippen LogP contribution < -0.4 is 20.0 Å². The van der Waals surface area contributed by atoms with Crippen molar-refractivity contribution in [1.29, 1.82) is 0 Å². The predicted octanol–water partition coefficient (Wildman–Crippen LogP) is 0.347. The van der Waals surface area contributed by atoms with Gasteiger partial charge in [0.25, 0.3) is 0 Å². The summed E-state index contributed by atoms with van der Waals surface area (Å²) in [5, 5.41) is 2.97. The average molecular weight is 433 g/mol. The van der Waals surface area contributed by atoms with E-state index in [4.69, 9.17) is 19.7 Å². The number of nitrogens with one attached hydrogen (secondary N) is 1. The normalized spacial score (nSPS) is 20.0. The number of aromatic nitrogens is 3. The first-order chi connectivity index (χ1) is 15.2. The van der Waals surface area contributed by atoms with Gasteiger partial charge in [-0.2, -0.15) is 15.0 Å². The number of ether oxygens (including phenoxy) is 1. The van der Waals surface area contributed by atoms with Crippen LogP contribution in [0.1, 0.15) is 32.1 Å². The van der Waals surface area contributed by atoms with E-state index in [2.05, 4.69) is 24.9 Å². The van der Waals surface area contributed by atoms with E-state index in [1.54, 1.807) is 7.11 Å². The van der Waals surface area contributed by atoms with Crippen molar-refractivity contribution in [3.8, 4) is 0 Å². The third-order valence-corrected chi connectivity index (χ3v) is 6.25. The Hall–Kier alpha value is -2.20. The first kappa shape index (κ1) is 22.0. The molecule has 31 heavy (non-hydrogen) atoms. The van der Waals surface area contributed by atoms with Crippen LogP contribution in [-0.4, -0.2) is 105 Å². The monoisotopic (exact) mass is 432 g/mol. The molecule has 4 rings (SSSR count). The minimum atomic E-state index is 0.0809. The molecule has 0 atom stereocenters. The molecule has 10 nitrogen and oxygen atoms in total. The van der Waals surface area contributed by atoms with E-state index in [1.807, 2.05) is 0 Å². The summed E-state index contributed by atoms with van der Waals surface area (Å²) in [6, 6.07) is 0. The van der Waals surface area contributed by atoms with Crippen molar-refractivity contribution < 1.29 is 9.53 Å². The lowest BCUT2D eigenvalue weighted by Gasteiger charge is -2.34. The van der Waals surface area contributed by atoms with Crippen molar-refractivity contribution in [2.24, 2.45) is 0 Å². The second-order valence-electron chi connectivity index (χ2n) is 8.58. The molecule has 0 aromatic carbocycles. The maximum atomic E-state index is 12.2. The highest BCUT2D eigenvalue weighted by atomic mass is 16.5. The first-order valence-electron chi connectivity index (χ1n) is 11.7. The zero-order chi connectivity index (χ0) is 21.5. The molecular formula is C21H36N8O2. The number of methoxy groups -OCH3 is 1. The highest BCUT2D eigenvalue weighted by molar-refractivity contribution is 5.78. The lowest BCUT2D eigenvalue weighted by Crippen LogP contribution is -2.50. The zero-order valence-corrected chi connectivity index (χ0v) is 18.8. The van der Waals surface area contributed by atoms with Gasteiger partial charge in [-0.15, -0.1) is 0 Å². The van der Waals surface area contributed by atoms with Gasteiger partial charge in [-0.1, -0.05) is 0 Å². The molecule has 3 fully saturated rings. The largest absolute Gasteiger partial charge is 0.385 e. The summed E-state index contributed by atoms with van der Waals surface area (Å²) in [5.41, 5.74) is 0. The summed E-state index contributed by atoms with van der Waals surface area (Å²) in [5.74, 6) is 2.50. The molecule has 172 valence electrons. The molecule has 3 saturated heterocycles. The topological polar surface area (TPSA) is 90.0 Å². The minimum absolute atomic E-state index is 0.0809. The van der Waals surface area contributed by atoms with Crippen LogP contribution in [0, 0.1) is 0 Å². The molecule has 0 unspecified atom stereocenters. The number of rotatable bonds is 9. The number of hydrogen-bond acceptors (Lipinski definition) is 9. The van der Waals surface area contributed by atoms with E-state index in [0.29, 0.717) is 19.7 Å². The Morgan fingerprint density at radius 3 is 1.77 bits per heavy atom. The molecule has 1 aromatic heterocycles. The SMILES string of the molecule is COCCCNC(=O)CN1CCN(c2nc(N3CCCC3)nc(N3CCCC3)n2)CC1. The van der Waals surface area contributed by atoms with Gasteiger partial charge < -0.3 is 24.8 Å². The predicted molar refractivity (Wildman–Crippen MR) is 121 cm³/mol. The Kier molecular flexibility index (Phi) is 7.74. The van der Waals surface area contributed by atoms with E-state index in [1.165, 1.54) is 25.7 Å². The summed E-state index contributed by atoms with van der Waals surface area (Å²) in [6.45, 7) is 9.17. The minimum Gasteiger partial charge on any atom is -0.385 e. The van der Waals surface area contributed by atoms with Crippen LogP contribution in [0.4, 0.5) is 17.8 Å². The third-order valence-electron chi connectivity index (χ3n) is 6.25. The fraction of sp³-hybridized carbons (Fsp3) is 0.810. The number of nitrogens with zero attached hydrogens (tertiary/aromatic N) is 7. The van der Waals surface area contributed by atoms with Gasteiger partial charge in [0.15, 0.2) is 0 Å². The number of piperazine rings is 1. The molecule has 0 spiro atoms. The number of hydrogen-bond donors (Lipinski definition) is 1. The van der Waals surface area contributed by atoms with Gasteiger partial charge in [-0.25, -0.2) is 0 Å². The Balaban J connectivity index is 1.35. The van der Waals surface area contributed by atoms with Crippen LogP contribution >= 0.6 is 0 Å². The van der Waals surface area contributed by atoms with Gasteiger partial charge in [-0.3, -0.25) is 9.69 Å². The van der Waals surface area contributed by atoms with Crippen molar-refractivity contribution in [3.63, 3.8) is 0 Å². The molecule has 3 aliphatic rings.